The molecule has 3 unspecified atom stereocenters. The van der Waals surface area contributed by atoms with E-state index in [9.17, 15) is 0 Å². The highest BCUT2D eigenvalue weighted by atomic mass is 14.9. The van der Waals surface area contributed by atoms with Crippen molar-refractivity contribution in [2.24, 2.45) is 17.8 Å². The van der Waals surface area contributed by atoms with Crippen molar-refractivity contribution in [2.45, 2.75) is 57.9 Å². The summed E-state index contributed by atoms with van der Waals surface area (Å²) in [4.78, 5) is 0. The molecule has 0 spiro atoms. The summed E-state index contributed by atoms with van der Waals surface area (Å²) >= 11 is 0. The van der Waals surface area contributed by atoms with Crippen molar-refractivity contribution < 1.29 is 0 Å². The predicted octanol–water partition coefficient (Wildman–Crippen LogP) is 3.76. The van der Waals surface area contributed by atoms with Gasteiger partial charge in [0, 0.05) is 6.04 Å². The third-order valence-electron chi connectivity index (χ3n) is 4.54. The molecule has 0 bridgehead atoms. The van der Waals surface area contributed by atoms with E-state index in [1.807, 2.05) is 0 Å². The maximum Gasteiger partial charge on any atom is 0.00683 e. The van der Waals surface area contributed by atoms with E-state index in [4.69, 9.17) is 0 Å². The second-order valence-electron chi connectivity index (χ2n) is 5.81. The lowest BCUT2D eigenvalue weighted by Crippen LogP contribution is -2.33. The first-order valence-electron chi connectivity index (χ1n) is 7.17. The molecule has 2 rings (SSSR count). The molecule has 1 nitrogen and oxygen atoms in total. The quantitative estimate of drug-likeness (QED) is 0.673. The minimum atomic E-state index is 0.869. The average Bonchev–Trinajstić information content (AvgIpc) is 3.11. The summed E-state index contributed by atoms with van der Waals surface area (Å²) < 4.78 is 0. The molecule has 0 amide bonds. The largest absolute Gasteiger partial charge is 0.314 e. The molecule has 0 radical (unpaired) electrons. The van der Waals surface area contributed by atoms with E-state index in [0.717, 1.165) is 23.8 Å². The monoisotopic (exact) mass is 221 g/mol. The van der Waals surface area contributed by atoms with Gasteiger partial charge in [-0.25, -0.2) is 0 Å². The minimum Gasteiger partial charge on any atom is -0.314 e. The zero-order valence-electron chi connectivity index (χ0n) is 10.8. The first-order chi connectivity index (χ1) is 7.83. The van der Waals surface area contributed by atoms with E-state index < -0.39 is 0 Å². The van der Waals surface area contributed by atoms with Gasteiger partial charge < -0.3 is 5.32 Å². The second kappa shape index (κ2) is 5.86. The fraction of sp³-hybridized carbons (Fsp3) is 0.867. The van der Waals surface area contributed by atoms with E-state index >= 15 is 0 Å². The molecule has 0 aromatic carbocycles. The molecule has 2 aliphatic carbocycles. The summed E-state index contributed by atoms with van der Waals surface area (Å²) in [6, 6.07) is 0.869. The van der Waals surface area contributed by atoms with Crippen molar-refractivity contribution in [3.05, 3.63) is 12.7 Å². The Balaban J connectivity index is 1.80. The van der Waals surface area contributed by atoms with Crippen LogP contribution in [0.2, 0.25) is 0 Å². The van der Waals surface area contributed by atoms with Crippen molar-refractivity contribution in [1.82, 2.24) is 5.32 Å². The second-order valence-corrected chi connectivity index (χ2v) is 5.81. The molecule has 3 atom stereocenters. The van der Waals surface area contributed by atoms with E-state index in [0.29, 0.717) is 0 Å². The van der Waals surface area contributed by atoms with Crippen molar-refractivity contribution >= 4 is 0 Å². The molecule has 1 N–H and O–H groups in total. The van der Waals surface area contributed by atoms with Crippen LogP contribution >= 0.6 is 0 Å². The molecule has 2 aliphatic rings. The van der Waals surface area contributed by atoms with Crippen LogP contribution in [0.15, 0.2) is 12.7 Å². The van der Waals surface area contributed by atoms with E-state index in [1.54, 1.807) is 0 Å². The average molecular weight is 221 g/mol. The number of allylic oxidation sites excluding steroid dienone is 1. The summed E-state index contributed by atoms with van der Waals surface area (Å²) in [5, 5.41) is 3.71. The van der Waals surface area contributed by atoms with Gasteiger partial charge in [0.2, 0.25) is 0 Å². The Morgan fingerprint density at radius 2 is 2.00 bits per heavy atom. The molecule has 92 valence electrons. The maximum absolute atomic E-state index is 3.93. The van der Waals surface area contributed by atoms with Crippen molar-refractivity contribution in [2.75, 3.05) is 6.54 Å². The Bertz CT molecular complexity index is 219. The van der Waals surface area contributed by atoms with Gasteiger partial charge in [0.1, 0.15) is 0 Å². The van der Waals surface area contributed by atoms with Crippen LogP contribution in [0.4, 0.5) is 0 Å². The minimum absolute atomic E-state index is 0.869. The van der Waals surface area contributed by atoms with Gasteiger partial charge >= 0.3 is 0 Å². The fourth-order valence-corrected chi connectivity index (χ4v) is 3.17. The maximum atomic E-state index is 3.93. The van der Waals surface area contributed by atoms with Gasteiger partial charge in [0.05, 0.1) is 0 Å². The van der Waals surface area contributed by atoms with Crippen LogP contribution in [-0.2, 0) is 0 Å². The van der Waals surface area contributed by atoms with Crippen LogP contribution in [0.5, 0.6) is 0 Å². The lowest BCUT2D eigenvalue weighted by atomic mass is 9.72. The summed E-state index contributed by atoms with van der Waals surface area (Å²) in [6.45, 7) is 7.54. The van der Waals surface area contributed by atoms with Gasteiger partial charge in [0.25, 0.3) is 0 Å². The van der Waals surface area contributed by atoms with Gasteiger partial charge in [-0.1, -0.05) is 25.8 Å². The molecule has 0 aliphatic heterocycles. The van der Waals surface area contributed by atoms with Crippen LogP contribution in [-0.4, -0.2) is 12.6 Å². The first-order valence-corrected chi connectivity index (χ1v) is 7.17. The lowest BCUT2D eigenvalue weighted by Gasteiger charge is -2.35. The van der Waals surface area contributed by atoms with Gasteiger partial charge in [-0.15, -0.1) is 6.58 Å². The Labute approximate surface area is 101 Å². The van der Waals surface area contributed by atoms with Crippen molar-refractivity contribution in [3.63, 3.8) is 0 Å². The molecule has 0 heterocycles. The van der Waals surface area contributed by atoms with Crippen LogP contribution in [0, 0.1) is 17.8 Å². The van der Waals surface area contributed by atoms with Crippen LogP contribution < -0.4 is 5.32 Å². The summed E-state index contributed by atoms with van der Waals surface area (Å²) in [7, 11) is 0. The summed E-state index contributed by atoms with van der Waals surface area (Å²) in [6.07, 6.45) is 11.9. The Morgan fingerprint density at radius 3 is 2.62 bits per heavy atom. The van der Waals surface area contributed by atoms with E-state index in [2.05, 4.69) is 24.9 Å². The van der Waals surface area contributed by atoms with Gasteiger partial charge in [-0.3, -0.25) is 0 Å². The van der Waals surface area contributed by atoms with E-state index in [-0.39, 0.29) is 0 Å². The molecule has 16 heavy (non-hydrogen) atoms. The molecular formula is C15H27N. The molecule has 0 saturated heterocycles. The van der Waals surface area contributed by atoms with Gasteiger partial charge in [-0.2, -0.15) is 0 Å². The van der Waals surface area contributed by atoms with Gasteiger partial charge in [0.15, 0.2) is 0 Å². The number of nitrogens with one attached hydrogen (secondary N) is 1. The highest BCUT2D eigenvalue weighted by molar-refractivity contribution is 4.88. The zero-order chi connectivity index (χ0) is 11.4. The smallest absolute Gasteiger partial charge is 0.00683 e. The topological polar surface area (TPSA) is 12.0 Å². The zero-order valence-corrected chi connectivity index (χ0v) is 10.8. The lowest BCUT2D eigenvalue weighted by molar-refractivity contribution is 0.173. The Morgan fingerprint density at radius 1 is 1.19 bits per heavy atom. The fourth-order valence-electron chi connectivity index (χ4n) is 3.17. The Kier molecular flexibility index (Phi) is 4.45. The number of hydrogen-bond donors (Lipinski definition) is 1. The Hall–Kier alpha value is -0.300. The number of rotatable bonds is 6. The highest BCUT2D eigenvalue weighted by Gasteiger charge is 2.30. The van der Waals surface area contributed by atoms with Crippen LogP contribution in [0.3, 0.4) is 0 Å². The third-order valence-corrected chi connectivity index (χ3v) is 4.54. The van der Waals surface area contributed by atoms with Crippen LogP contribution in [0.25, 0.3) is 0 Å². The standard InChI is InChI=1S/C15H27N/c1-3-5-13-10-12(4-2)6-7-14(13)11-16-15-8-9-15/h3,12-16H,1,4-11H2,2H3. The number of hydrogen-bond acceptors (Lipinski definition) is 1. The molecular weight excluding hydrogens is 194 g/mol. The predicted molar refractivity (Wildman–Crippen MR) is 70.5 cm³/mol. The molecule has 2 saturated carbocycles. The van der Waals surface area contributed by atoms with Crippen molar-refractivity contribution in [3.8, 4) is 0 Å². The highest BCUT2D eigenvalue weighted by Crippen LogP contribution is 2.37. The normalized spacial score (nSPS) is 34.9. The first kappa shape index (κ1) is 12.2. The third kappa shape index (κ3) is 3.35. The molecule has 0 aromatic heterocycles. The summed E-state index contributed by atoms with van der Waals surface area (Å²) in [5.74, 6) is 2.81. The van der Waals surface area contributed by atoms with E-state index in [1.165, 1.54) is 51.5 Å². The molecule has 0 aromatic rings. The molecule has 2 fully saturated rings. The summed E-state index contributed by atoms with van der Waals surface area (Å²) in [5.41, 5.74) is 0. The van der Waals surface area contributed by atoms with Gasteiger partial charge in [-0.05, 0) is 56.4 Å². The van der Waals surface area contributed by atoms with Crippen LogP contribution in [0.1, 0.15) is 51.9 Å². The SMILES string of the molecule is C=CCC1CC(CC)CCC1CNC1CC1. The molecule has 1 heteroatoms. The van der Waals surface area contributed by atoms with Crippen molar-refractivity contribution in [1.29, 1.82) is 0 Å².